The molecule has 0 saturated heterocycles. The van der Waals surface area contributed by atoms with Crippen LogP contribution in [0.15, 0.2) is 12.1 Å². The molecule has 0 spiro atoms. The molecule has 0 unspecified atom stereocenters. The fourth-order valence-electron chi connectivity index (χ4n) is 4.83. The molecule has 1 aromatic carbocycles. The SMILES string of the molecule is CCCCCCCCCC(C)(C)SCc1ccc(O)c(CSC(C)(C)CCCCCCCCC)c1C. The van der Waals surface area contributed by atoms with Crippen LogP contribution < -0.4 is 0 Å². The quantitative estimate of drug-likeness (QED) is 0.149. The number of phenols is 1. The lowest BCUT2D eigenvalue weighted by Crippen LogP contribution is -2.15. The third-order valence-electron chi connectivity index (χ3n) is 7.68. The number of aromatic hydroxyl groups is 1. The lowest BCUT2D eigenvalue weighted by molar-refractivity contribution is 0.469. The number of thioether (sulfide) groups is 2. The lowest BCUT2D eigenvalue weighted by Gasteiger charge is -2.26. The first-order chi connectivity index (χ1) is 17.1. The highest BCUT2D eigenvalue weighted by Gasteiger charge is 2.22. The van der Waals surface area contributed by atoms with Crippen LogP contribution in [0.2, 0.25) is 0 Å². The van der Waals surface area contributed by atoms with Gasteiger partial charge in [-0.25, -0.2) is 0 Å². The van der Waals surface area contributed by atoms with E-state index < -0.39 is 0 Å². The second-order valence-corrected chi connectivity index (χ2v) is 15.6. The highest BCUT2D eigenvalue weighted by molar-refractivity contribution is 8.00. The molecule has 0 aliphatic rings. The van der Waals surface area contributed by atoms with Gasteiger partial charge in [0.15, 0.2) is 0 Å². The molecule has 0 amide bonds. The molecule has 0 aromatic heterocycles. The maximum atomic E-state index is 10.7. The molecular formula is C33H60OS2. The molecule has 210 valence electrons. The largest absolute Gasteiger partial charge is 0.508 e. The number of hydrogen-bond donors (Lipinski definition) is 1. The van der Waals surface area contributed by atoms with Crippen molar-refractivity contribution >= 4 is 23.5 Å². The summed E-state index contributed by atoms with van der Waals surface area (Å²) in [6, 6.07) is 4.09. The zero-order valence-corrected chi connectivity index (χ0v) is 26.8. The molecule has 1 rings (SSSR count). The van der Waals surface area contributed by atoms with Crippen LogP contribution in [0.3, 0.4) is 0 Å². The molecule has 0 bridgehead atoms. The Morgan fingerprint density at radius 3 is 1.50 bits per heavy atom. The van der Waals surface area contributed by atoms with Crippen molar-refractivity contribution < 1.29 is 5.11 Å². The molecule has 0 aliphatic carbocycles. The van der Waals surface area contributed by atoms with Crippen molar-refractivity contribution in [2.45, 2.75) is 172 Å². The standard InChI is InChI=1S/C33H60OS2/c1-8-10-12-14-16-18-20-24-32(4,5)35-26-29-22-23-31(34)30(28(29)3)27-36-33(6,7)25-21-19-17-15-13-11-9-2/h22-23,34H,8-21,24-27H2,1-7H3. The van der Waals surface area contributed by atoms with Gasteiger partial charge >= 0.3 is 0 Å². The van der Waals surface area contributed by atoms with Crippen LogP contribution in [0, 0.1) is 6.92 Å². The molecule has 0 atom stereocenters. The Balaban J connectivity index is 2.48. The van der Waals surface area contributed by atoms with E-state index in [0.29, 0.717) is 10.5 Å². The zero-order chi connectivity index (χ0) is 26.9. The summed E-state index contributed by atoms with van der Waals surface area (Å²) in [5, 5.41) is 10.7. The van der Waals surface area contributed by atoms with Gasteiger partial charge in [-0.05, 0) is 37.0 Å². The van der Waals surface area contributed by atoms with E-state index in [-0.39, 0.29) is 4.75 Å². The van der Waals surface area contributed by atoms with Gasteiger partial charge in [0, 0.05) is 26.6 Å². The van der Waals surface area contributed by atoms with E-state index in [1.807, 2.05) is 17.8 Å². The predicted molar refractivity (Wildman–Crippen MR) is 169 cm³/mol. The Hall–Kier alpha value is -0.280. The monoisotopic (exact) mass is 536 g/mol. The summed E-state index contributed by atoms with van der Waals surface area (Å²) in [7, 11) is 0. The van der Waals surface area contributed by atoms with E-state index >= 15 is 0 Å². The summed E-state index contributed by atoms with van der Waals surface area (Å²) >= 11 is 4.11. The van der Waals surface area contributed by atoms with Gasteiger partial charge in [-0.3, -0.25) is 0 Å². The second kappa shape index (κ2) is 18.9. The summed E-state index contributed by atoms with van der Waals surface area (Å²) in [6.45, 7) is 16.4. The van der Waals surface area contributed by atoms with Crippen molar-refractivity contribution in [1.82, 2.24) is 0 Å². The number of benzene rings is 1. The van der Waals surface area contributed by atoms with Crippen LogP contribution in [0.5, 0.6) is 5.75 Å². The first-order valence-electron chi connectivity index (χ1n) is 15.2. The molecule has 3 heteroatoms. The molecule has 0 heterocycles. The highest BCUT2D eigenvalue weighted by atomic mass is 32.2. The van der Waals surface area contributed by atoms with Gasteiger partial charge < -0.3 is 5.11 Å². The normalized spacial score (nSPS) is 12.4. The zero-order valence-electron chi connectivity index (χ0n) is 25.1. The summed E-state index contributed by atoms with van der Waals surface area (Å²) in [6.07, 6.45) is 21.8. The third kappa shape index (κ3) is 15.2. The number of rotatable bonds is 22. The molecule has 1 nitrogen and oxygen atoms in total. The molecule has 36 heavy (non-hydrogen) atoms. The Bertz CT molecular complexity index is 695. The lowest BCUT2D eigenvalue weighted by atomic mass is 10.0. The van der Waals surface area contributed by atoms with Crippen molar-refractivity contribution in [2.24, 2.45) is 0 Å². The van der Waals surface area contributed by atoms with Crippen molar-refractivity contribution in [3.05, 3.63) is 28.8 Å². The van der Waals surface area contributed by atoms with E-state index in [1.165, 1.54) is 114 Å². The van der Waals surface area contributed by atoms with E-state index in [0.717, 1.165) is 17.1 Å². The molecular weight excluding hydrogens is 476 g/mol. The first-order valence-corrected chi connectivity index (χ1v) is 17.2. The molecule has 1 aromatic rings. The summed E-state index contributed by atoms with van der Waals surface area (Å²) in [5.41, 5.74) is 3.84. The van der Waals surface area contributed by atoms with Crippen LogP contribution in [-0.4, -0.2) is 14.6 Å². The molecule has 1 N–H and O–H groups in total. The fraction of sp³-hybridized carbons (Fsp3) is 0.818. The number of unbranched alkanes of at least 4 members (excludes halogenated alkanes) is 12. The Labute approximate surface area is 234 Å². The maximum absolute atomic E-state index is 10.7. The minimum atomic E-state index is 0.256. The Morgan fingerprint density at radius 2 is 1.03 bits per heavy atom. The van der Waals surface area contributed by atoms with Crippen molar-refractivity contribution in [1.29, 1.82) is 0 Å². The molecule has 0 aliphatic heterocycles. The van der Waals surface area contributed by atoms with E-state index in [9.17, 15) is 5.11 Å². The Morgan fingerprint density at radius 1 is 0.611 bits per heavy atom. The molecule has 0 radical (unpaired) electrons. The first kappa shape index (κ1) is 33.7. The van der Waals surface area contributed by atoms with Gasteiger partial charge in [-0.2, -0.15) is 23.5 Å². The van der Waals surface area contributed by atoms with Crippen LogP contribution in [0.1, 0.15) is 161 Å². The molecule has 0 saturated carbocycles. The van der Waals surface area contributed by atoms with Gasteiger partial charge in [0.1, 0.15) is 5.75 Å². The van der Waals surface area contributed by atoms with Crippen LogP contribution in [0.25, 0.3) is 0 Å². The number of phenolic OH excluding ortho intramolecular Hbond substituents is 1. The van der Waals surface area contributed by atoms with E-state index in [1.54, 1.807) is 0 Å². The summed E-state index contributed by atoms with van der Waals surface area (Å²) < 4.78 is 0.562. The van der Waals surface area contributed by atoms with Crippen molar-refractivity contribution in [3.8, 4) is 5.75 Å². The van der Waals surface area contributed by atoms with Crippen LogP contribution in [0.4, 0.5) is 0 Å². The number of hydrogen-bond acceptors (Lipinski definition) is 3. The molecule has 0 fully saturated rings. The van der Waals surface area contributed by atoms with E-state index in [2.05, 4.69) is 66.3 Å². The van der Waals surface area contributed by atoms with Gasteiger partial charge in [-0.15, -0.1) is 0 Å². The van der Waals surface area contributed by atoms with Gasteiger partial charge in [0.05, 0.1) is 0 Å². The highest BCUT2D eigenvalue weighted by Crippen LogP contribution is 2.39. The van der Waals surface area contributed by atoms with Gasteiger partial charge in [0.2, 0.25) is 0 Å². The van der Waals surface area contributed by atoms with Gasteiger partial charge in [-0.1, -0.05) is 138 Å². The third-order valence-corrected chi connectivity index (χ3v) is 10.5. The predicted octanol–water partition coefficient (Wildman–Crippen LogP) is 12.0. The van der Waals surface area contributed by atoms with Gasteiger partial charge in [0.25, 0.3) is 0 Å². The Kier molecular flexibility index (Phi) is 17.7. The van der Waals surface area contributed by atoms with Crippen molar-refractivity contribution in [2.75, 3.05) is 0 Å². The summed E-state index contributed by atoms with van der Waals surface area (Å²) in [4.78, 5) is 0. The smallest absolute Gasteiger partial charge is 0.119 e. The average molecular weight is 537 g/mol. The van der Waals surface area contributed by atoms with Crippen LogP contribution >= 0.6 is 23.5 Å². The van der Waals surface area contributed by atoms with Crippen molar-refractivity contribution in [3.63, 3.8) is 0 Å². The second-order valence-electron chi connectivity index (χ2n) is 12.2. The summed E-state index contributed by atoms with van der Waals surface area (Å²) in [5.74, 6) is 2.42. The fourth-order valence-corrected chi connectivity index (χ4v) is 7.17. The van der Waals surface area contributed by atoms with Crippen LogP contribution in [-0.2, 0) is 11.5 Å². The topological polar surface area (TPSA) is 20.2 Å². The minimum absolute atomic E-state index is 0.256. The maximum Gasteiger partial charge on any atom is 0.119 e. The minimum Gasteiger partial charge on any atom is -0.508 e. The van der Waals surface area contributed by atoms with E-state index in [4.69, 9.17) is 0 Å². The average Bonchev–Trinajstić information content (AvgIpc) is 2.82.